The molecule has 0 aromatic heterocycles. The van der Waals surface area contributed by atoms with E-state index in [0.29, 0.717) is 10.7 Å². The number of thiocarbonyl (C=S) groups is 1. The van der Waals surface area contributed by atoms with Crippen LogP contribution >= 0.6 is 24.8 Å². The molecule has 13 heavy (non-hydrogen) atoms. The zero-order valence-electron chi connectivity index (χ0n) is 7.53. The minimum atomic E-state index is -0.314. The van der Waals surface area contributed by atoms with E-state index in [0.717, 1.165) is 5.70 Å². The van der Waals surface area contributed by atoms with Crippen LogP contribution in [0, 0.1) is 11.3 Å². The number of hydrazine groups is 1. The number of nitrogens with zero attached hydrogens (tertiary/aromatic N) is 2. The van der Waals surface area contributed by atoms with Crippen molar-refractivity contribution in [2.45, 2.75) is 25.8 Å². The van der Waals surface area contributed by atoms with E-state index in [2.05, 4.69) is 24.1 Å². The minimum absolute atomic E-state index is 0.314. The third kappa shape index (κ3) is 2.21. The van der Waals surface area contributed by atoms with Crippen molar-refractivity contribution in [1.29, 1.82) is 5.26 Å². The van der Waals surface area contributed by atoms with Gasteiger partial charge in [0.05, 0.1) is 18.0 Å². The molecule has 0 aliphatic carbocycles. The molecule has 0 saturated heterocycles. The second kappa shape index (κ2) is 3.66. The van der Waals surface area contributed by atoms with Crippen molar-refractivity contribution in [2.75, 3.05) is 0 Å². The first-order chi connectivity index (χ1) is 5.98. The molecule has 0 fully saturated rings. The van der Waals surface area contributed by atoms with E-state index in [1.807, 2.05) is 19.9 Å². The second-order valence-electron chi connectivity index (χ2n) is 3.27. The zero-order valence-corrected chi connectivity index (χ0v) is 9.25. The highest BCUT2D eigenvalue weighted by Crippen LogP contribution is 2.24. The van der Waals surface area contributed by atoms with Gasteiger partial charge in [-0.2, -0.15) is 5.26 Å². The topological polar surface area (TPSA) is 39.1 Å². The number of rotatable bonds is 1. The molecule has 70 valence electrons. The molecule has 0 spiro atoms. The standard InChI is InChI=1S/C8H11N3S2/c1-6-5-8(2,3-4-9)10-11(6)7(12)13/h5,10H,3H2,1-2H3,(H,12,13). The van der Waals surface area contributed by atoms with Crippen molar-refractivity contribution >= 4 is 29.2 Å². The van der Waals surface area contributed by atoms with Crippen molar-refractivity contribution < 1.29 is 0 Å². The van der Waals surface area contributed by atoms with Crippen LogP contribution in [-0.4, -0.2) is 14.9 Å². The van der Waals surface area contributed by atoms with E-state index >= 15 is 0 Å². The number of nitrogens with one attached hydrogen (secondary N) is 1. The lowest BCUT2D eigenvalue weighted by Crippen LogP contribution is -2.45. The lowest BCUT2D eigenvalue weighted by Gasteiger charge is -2.25. The predicted molar refractivity (Wildman–Crippen MR) is 59.0 cm³/mol. The van der Waals surface area contributed by atoms with Gasteiger partial charge >= 0.3 is 0 Å². The van der Waals surface area contributed by atoms with Crippen molar-refractivity contribution in [3.8, 4) is 6.07 Å². The molecule has 1 atom stereocenters. The summed E-state index contributed by atoms with van der Waals surface area (Å²) in [6, 6.07) is 2.13. The summed E-state index contributed by atoms with van der Waals surface area (Å²) in [6.45, 7) is 3.88. The summed E-state index contributed by atoms with van der Waals surface area (Å²) in [7, 11) is 0. The Morgan fingerprint density at radius 2 is 2.54 bits per heavy atom. The summed E-state index contributed by atoms with van der Waals surface area (Å²) in [5, 5.41) is 10.3. The molecule has 0 radical (unpaired) electrons. The number of thiol groups is 1. The zero-order chi connectivity index (χ0) is 10.1. The van der Waals surface area contributed by atoms with E-state index in [-0.39, 0.29) is 5.54 Å². The average molecular weight is 213 g/mol. The van der Waals surface area contributed by atoms with Crippen LogP contribution in [0.2, 0.25) is 0 Å². The summed E-state index contributed by atoms with van der Waals surface area (Å²) < 4.78 is 0.468. The van der Waals surface area contributed by atoms with Gasteiger partial charge < -0.3 is 0 Å². The molecule has 3 nitrogen and oxygen atoms in total. The Labute approximate surface area is 88.8 Å². The Morgan fingerprint density at radius 1 is 1.92 bits per heavy atom. The molecule has 1 heterocycles. The normalized spacial score (nSPS) is 26.9. The summed E-state index contributed by atoms with van der Waals surface area (Å²) in [5.74, 6) is 0. The third-order valence-corrected chi connectivity index (χ3v) is 2.27. The van der Waals surface area contributed by atoms with Crippen molar-refractivity contribution in [1.82, 2.24) is 10.4 Å². The van der Waals surface area contributed by atoms with Crippen LogP contribution in [0.5, 0.6) is 0 Å². The fourth-order valence-corrected chi connectivity index (χ4v) is 1.75. The van der Waals surface area contributed by atoms with Gasteiger partial charge in [0.1, 0.15) is 0 Å². The SMILES string of the molecule is CC1=CC(C)(CC#N)NN1C(=S)S. The molecule has 0 amide bonds. The molecule has 0 saturated carbocycles. The first-order valence-corrected chi connectivity index (χ1v) is 4.71. The van der Waals surface area contributed by atoms with Gasteiger partial charge in [-0.25, -0.2) is 5.43 Å². The smallest absolute Gasteiger partial charge is 0.151 e. The van der Waals surface area contributed by atoms with Gasteiger partial charge in [0, 0.05) is 5.70 Å². The molecule has 0 bridgehead atoms. The van der Waals surface area contributed by atoms with E-state index in [9.17, 15) is 0 Å². The van der Waals surface area contributed by atoms with Crippen LogP contribution in [0.3, 0.4) is 0 Å². The first-order valence-electron chi connectivity index (χ1n) is 3.86. The Morgan fingerprint density at radius 3 is 2.92 bits per heavy atom. The molecule has 0 aromatic rings. The van der Waals surface area contributed by atoms with Crippen LogP contribution in [0.1, 0.15) is 20.3 Å². The van der Waals surface area contributed by atoms with E-state index in [1.165, 1.54) is 0 Å². The van der Waals surface area contributed by atoms with E-state index < -0.39 is 0 Å². The molecule has 1 aliphatic rings. The molecule has 1 N–H and O–H groups in total. The molecular weight excluding hydrogens is 202 g/mol. The van der Waals surface area contributed by atoms with Crippen LogP contribution in [-0.2, 0) is 0 Å². The largest absolute Gasteiger partial charge is 0.265 e. The highest BCUT2D eigenvalue weighted by Gasteiger charge is 2.31. The van der Waals surface area contributed by atoms with Crippen molar-refractivity contribution in [2.24, 2.45) is 0 Å². The van der Waals surface area contributed by atoms with Gasteiger partial charge in [-0.1, -0.05) is 12.2 Å². The van der Waals surface area contributed by atoms with Gasteiger partial charge in [0.2, 0.25) is 0 Å². The summed E-state index contributed by atoms with van der Waals surface area (Å²) >= 11 is 8.99. The monoisotopic (exact) mass is 213 g/mol. The Bertz CT molecular complexity index is 305. The highest BCUT2D eigenvalue weighted by molar-refractivity contribution is 8.10. The molecule has 1 aliphatic heterocycles. The summed E-state index contributed by atoms with van der Waals surface area (Å²) in [6.07, 6.45) is 2.40. The van der Waals surface area contributed by atoms with Gasteiger partial charge in [-0.15, -0.1) is 12.6 Å². The van der Waals surface area contributed by atoms with Gasteiger partial charge in [0.25, 0.3) is 0 Å². The van der Waals surface area contributed by atoms with Gasteiger partial charge in [0.15, 0.2) is 4.32 Å². The number of allylic oxidation sites excluding steroid dienone is 1. The first kappa shape index (κ1) is 10.5. The molecule has 0 aromatic carbocycles. The van der Waals surface area contributed by atoms with Crippen LogP contribution in [0.4, 0.5) is 0 Å². The predicted octanol–water partition coefficient (Wildman–Crippen LogP) is 1.60. The molecular formula is C8H11N3S2. The van der Waals surface area contributed by atoms with Gasteiger partial charge in [-0.05, 0) is 19.9 Å². The van der Waals surface area contributed by atoms with E-state index in [4.69, 9.17) is 17.5 Å². The van der Waals surface area contributed by atoms with Crippen molar-refractivity contribution in [3.63, 3.8) is 0 Å². The maximum atomic E-state index is 8.61. The quantitative estimate of drug-likeness (QED) is 0.512. The number of hydrogen-bond donors (Lipinski definition) is 2. The maximum Gasteiger partial charge on any atom is 0.151 e. The number of hydrogen-bond acceptors (Lipinski definition) is 3. The highest BCUT2D eigenvalue weighted by atomic mass is 32.1. The van der Waals surface area contributed by atoms with Crippen molar-refractivity contribution in [3.05, 3.63) is 11.8 Å². The maximum absolute atomic E-state index is 8.61. The lowest BCUT2D eigenvalue weighted by molar-refractivity contribution is 0.319. The summed E-state index contributed by atoms with van der Waals surface area (Å²) in [5.41, 5.74) is 3.79. The van der Waals surface area contributed by atoms with Crippen LogP contribution < -0.4 is 5.43 Å². The lowest BCUT2D eigenvalue weighted by atomic mass is 10.0. The van der Waals surface area contributed by atoms with E-state index in [1.54, 1.807) is 5.01 Å². The second-order valence-corrected chi connectivity index (χ2v) is 4.38. The van der Waals surface area contributed by atoms with Crippen LogP contribution in [0.15, 0.2) is 11.8 Å². The Balaban J connectivity index is 2.82. The Kier molecular flexibility index (Phi) is 2.96. The molecule has 1 rings (SSSR count). The summed E-state index contributed by atoms with van der Waals surface area (Å²) in [4.78, 5) is 0. The van der Waals surface area contributed by atoms with Gasteiger partial charge in [-0.3, -0.25) is 5.01 Å². The molecule has 1 unspecified atom stereocenters. The fraction of sp³-hybridized carbons (Fsp3) is 0.500. The fourth-order valence-electron chi connectivity index (χ4n) is 1.35. The average Bonchev–Trinajstić information content (AvgIpc) is 2.27. The minimum Gasteiger partial charge on any atom is -0.265 e. The Hall–Kier alpha value is -0.570. The third-order valence-electron chi connectivity index (χ3n) is 1.88. The van der Waals surface area contributed by atoms with Crippen LogP contribution in [0.25, 0.3) is 0 Å². The number of nitriles is 1. The molecule has 5 heteroatoms.